The molecule has 0 atom stereocenters. The molecule has 0 aliphatic rings. The van der Waals surface area contributed by atoms with Crippen LogP contribution in [0.1, 0.15) is 31.5 Å². The zero-order valence-electron chi connectivity index (χ0n) is 13.3. The molecule has 0 saturated carbocycles. The van der Waals surface area contributed by atoms with Crippen molar-refractivity contribution in [2.45, 2.75) is 27.2 Å². The molecule has 0 aliphatic carbocycles. The highest BCUT2D eigenvalue weighted by Gasteiger charge is 2.04. The van der Waals surface area contributed by atoms with Crippen LogP contribution in [0.3, 0.4) is 0 Å². The number of hydrogen-bond donors (Lipinski definition) is 2. The highest BCUT2D eigenvalue weighted by atomic mass is 16.5. The van der Waals surface area contributed by atoms with E-state index in [1.807, 2.05) is 0 Å². The van der Waals surface area contributed by atoms with E-state index in [-0.39, 0.29) is 5.56 Å². The summed E-state index contributed by atoms with van der Waals surface area (Å²) in [4.78, 5) is 41.0. The number of ether oxygens (including phenoxy) is 1. The van der Waals surface area contributed by atoms with E-state index in [4.69, 9.17) is 4.74 Å². The van der Waals surface area contributed by atoms with Crippen LogP contribution >= 0.6 is 0 Å². The summed E-state index contributed by atoms with van der Waals surface area (Å²) in [6.45, 7) is 8.91. The van der Waals surface area contributed by atoms with Gasteiger partial charge >= 0.3 is 11.7 Å². The predicted molar refractivity (Wildman–Crippen MR) is 84.8 cm³/mol. The molecule has 0 fully saturated rings. The first-order valence-corrected chi connectivity index (χ1v) is 7.38. The van der Waals surface area contributed by atoms with Crippen molar-refractivity contribution in [2.24, 2.45) is 0 Å². The van der Waals surface area contributed by atoms with E-state index in [0.717, 1.165) is 26.1 Å². The van der Waals surface area contributed by atoms with Crippen LogP contribution < -0.4 is 11.2 Å². The Morgan fingerprint density at radius 3 is 2.50 bits per heavy atom. The number of nitrogens with one attached hydrogen (secondary N) is 2. The second-order valence-electron chi connectivity index (χ2n) is 4.83. The normalized spacial score (nSPS) is 11.3. The number of aromatic nitrogens is 2. The van der Waals surface area contributed by atoms with Gasteiger partial charge in [0.15, 0.2) is 0 Å². The summed E-state index contributed by atoms with van der Waals surface area (Å²) in [5.74, 6) is -0.510. The number of aryl methyl sites for hydroxylation is 1. The third kappa shape index (κ3) is 5.69. The molecule has 1 rings (SSSR count). The van der Waals surface area contributed by atoms with Crippen molar-refractivity contribution in [3.05, 3.63) is 38.2 Å². The lowest BCUT2D eigenvalue weighted by atomic mass is 10.2. The average Bonchev–Trinajstić information content (AvgIpc) is 2.46. The molecule has 0 unspecified atom stereocenters. The number of rotatable bonds is 8. The number of hydrogen-bond acceptors (Lipinski definition) is 5. The summed E-state index contributed by atoms with van der Waals surface area (Å²) in [6, 6.07) is 0. The molecule has 0 amide bonds. The van der Waals surface area contributed by atoms with Crippen molar-refractivity contribution in [3.8, 4) is 0 Å². The first-order chi connectivity index (χ1) is 10.5. The van der Waals surface area contributed by atoms with Gasteiger partial charge in [-0.1, -0.05) is 13.8 Å². The quantitative estimate of drug-likeness (QED) is 0.418. The van der Waals surface area contributed by atoms with E-state index < -0.39 is 17.2 Å². The van der Waals surface area contributed by atoms with Crippen molar-refractivity contribution >= 4 is 12.0 Å². The number of esters is 1. The average molecular weight is 309 g/mol. The van der Waals surface area contributed by atoms with Crippen LogP contribution in [0, 0.1) is 6.92 Å². The van der Waals surface area contributed by atoms with Crippen molar-refractivity contribution in [2.75, 3.05) is 26.2 Å². The van der Waals surface area contributed by atoms with Gasteiger partial charge in [-0.15, -0.1) is 0 Å². The van der Waals surface area contributed by atoms with E-state index in [1.165, 1.54) is 12.2 Å². The molecular formula is C15H23N3O4. The molecule has 7 heteroatoms. The van der Waals surface area contributed by atoms with Crippen LogP contribution in [0.2, 0.25) is 0 Å². The number of H-pyrrole nitrogens is 2. The summed E-state index contributed by atoms with van der Waals surface area (Å²) >= 11 is 0. The Hall–Kier alpha value is -2.15. The number of aromatic amines is 2. The van der Waals surface area contributed by atoms with Gasteiger partial charge in [-0.3, -0.25) is 9.78 Å². The lowest BCUT2D eigenvalue weighted by molar-refractivity contribution is -0.137. The maximum Gasteiger partial charge on any atom is 0.330 e. The van der Waals surface area contributed by atoms with E-state index in [9.17, 15) is 14.4 Å². The van der Waals surface area contributed by atoms with Gasteiger partial charge in [-0.05, 0) is 32.5 Å². The molecule has 0 bridgehead atoms. The fourth-order valence-corrected chi connectivity index (χ4v) is 2.01. The van der Waals surface area contributed by atoms with Crippen LogP contribution in [0.4, 0.5) is 0 Å². The Morgan fingerprint density at radius 1 is 1.23 bits per heavy atom. The van der Waals surface area contributed by atoms with Crippen LogP contribution in [0.25, 0.3) is 6.08 Å². The third-order valence-electron chi connectivity index (χ3n) is 3.32. The highest BCUT2D eigenvalue weighted by molar-refractivity contribution is 5.87. The topological polar surface area (TPSA) is 95.3 Å². The predicted octanol–water partition coefficient (Wildman–Crippen LogP) is 0.660. The zero-order valence-corrected chi connectivity index (χ0v) is 13.3. The fraction of sp³-hybridized carbons (Fsp3) is 0.533. The van der Waals surface area contributed by atoms with Gasteiger partial charge in [0.25, 0.3) is 5.56 Å². The molecule has 122 valence electrons. The Labute approximate surface area is 129 Å². The monoisotopic (exact) mass is 309 g/mol. The van der Waals surface area contributed by atoms with Crippen molar-refractivity contribution in [1.82, 2.24) is 14.9 Å². The Kier molecular flexibility index (Phi) is 7.31. The molecule has 1 aromatic heterocycles. The summed E-state index contributed by atoms with van der Waals surface area (Å²) < 4.78 is 5.07. The summed E-state index contributed by atoms with van der Waals surface area (Å²) in [7, 11) is 0. The van der Waals surface area contributed by atoms with E-state index in [1.54, 1.807) is 6.92 Å². The molecule has 0 radical (unpaired) electrons. The minimum absolute atomic E-state index is 0.236. The lowest BCUT2D eigenvalue weighted by Gasteiger charge is -2.17. The van der Waals surface area contributed by atoms with Gasteiger partial charge in [0.2, 0.25) is 0 Å². The highest BCUT2D eigenvalue weighted by Crippen LogP contribution is 1.99. The van der Waals surface area contributed by atoms with Gasteiger partial charge in [-0.2, -0.15) is 0 Å². The molecule has 2 N–H and O–H groups in total. The molecule has 0 aromatic carbocycles. The van der Waals surface area contributed by atoms with E-state index in [0.29, 0.717) is 12.3 Å². The Morgan fingerprint density at radius 2 is 1.91 bits per heavy atom. The van der Waals surface area contributed by atoms with Crippen molar-refractivity contribution < 1.29 is 9.53 Å². The molecule has 0 spiro atoms. The lowest BCUT2D eigenvalue weighted by Crippen LogP contribution is -2.25. The second kappa shape index (κ2) is 8.99. The van der Waals surface area contributed by atoms with Crippen LogP contribution in [0.5, 0.6) is 0 Å². The molecule has 0 aliphatic heterocycles. The minimum Gasteiger partial charge on any atom is -0.462 e. The Balaban J connectivity index is 2.49. The SMILES string of the molecule is CCN(CC)CCCOC(=O)/C=C/c1c(C)[nH]c(=O)[nH]c1=O. The second-order valence-corrected chi connectivity index (χ2v) is 4.83. The smallest absolute Gasteiger partial charge is 0.330 e. The summed E-state index contributed by atoms with van der Waals surface area (Å²) in [5.41, 5.74) is -0.468. The van der Waals surface area contributed by atoms with Gasteiger partial charge in [0, 0.05) is 18.3 Å². The molecule has 22 heavy (non-hydrogen) atoms. The number of nitrogens with zero attached hydrogens (tertiary/aromatic N) is 1. The standard InChI is InChI=1S/C15H23N3O4/c1-4-18(5-2)9-6-10-22-13(19)8-7-12-11(3)16-15(21)17-14(12)20/h7-8H,4-6,9-10H2,1-3H3,(H2,16,17,20,21)/b8-7+. The maximum absolute atomic E-state index is 11.6. The number of carbonyl (C=O) groups excluding carboxylic acids is 1. The largest absolute Gasteiger partial charge is 0.462 e. The third-order valence-corrected chi connectivity index (χ3v) is 3.32. The molecule has 1 aromatic rings. The fourth-order valence-electron chi connectivity index (χ4n) is 2.01. The molecule has 1 heterocycles. The summed E-state index contributed by atoms with van der Waals surface area (Å²) in [5, 5.41) is 0. The Bertz CT molecular complexity index is 626. The van der Waals surface area contributed by atoms with Gasteiger partial charge < -0.3 is 14.6 Å². The first-order valence-electron chi connectivity index (χ1n) is 7.38. The minimum atomic E-state index is -0.571. The number of carbonyl (C=O) groups is 1. The van der Waals surface area contributed by atoms with Crippen molar-refractivity contribution in [1.29, 1.82) is 0 Å². The van der Waals surface area contributed by atoms with Gasteiger partial charge in [-0.25, -0.2) is 9.59 Å². The maximum atomic E-state index is 11.6. The van der Waals surface area contributed by atoms with Crippen LogP contribution in [-0.4, -0.2) is 47.1 Å². The van der Waals surface area contributed by atoms with Crippen LogP contribution in [0.15, 0.2) is 15.7 Å². The van der Waals surface area contributed by atoms with E-state index >= 15 is 0 Å². The van der Waals surface area contributed by atoms with Crippen LogP contribution in [-0.2, 0) is 9.53 Å². The zero-order chi connectivity index (χ0) is 16.5. The summed E-state index contributed by atoms with van der Waals surface area (Å²) in [6.07, 6.45) is 3.30. The molecule has 0 saturated heterocycles. The molecular weight excluding hydrogens is 286 g/mol. The van der Waals surface area contributed by atoms with Gasteiger partial charge in [0.05, 0.1) is 12.2 Å². The van der Waals surface area contributed by atoms with Crippen molar-refractivity contribution in [3.63, 3.8) is 0 Å². The van der Waals surface area contributed by atoms with E-state index in [2.05, 4.69) is 28.7 Å². The molecule has 7 nitrogen and oxygen atoms in total. The first kappa shape index (κ1) is 17.9. The van der Waals surface area contributed by atoms with Gasteiger partial charge in [0.1, 0.15) is 0 Å².